The van der Waals surface area contributed by atoms with E-state index in [-0.39, 0.29) is 46.3 Å². The first-order chi connectivity index (χ1) is 15.3. The Hall–Kier alpha value is -4.60. The summed E-state index contributed by atoms with van der Waals surface area (Å²) in [6, 6.07) is 8.11. The number of fused-ring (bicyclic) bond motifs is 2. The maximum atomic E-state index is 11.4. The van der Waals surface area contributed by atoms with Gasteiger partial charge in [-0.15, -0.1) is 0 Å². The summed E-state index contributed by atoms with van der Waals surface area (Å²) in [5, 5.41) is 28.2. The second-order valence-corrected chi connectivity index (χ2v) is 6.30. The molecule has 0 aliphatic rings. The Bertz CT molecular complexity index is 1340. The van der Waals surface area contributed by atoms with Crippen LogP contribution in [-0.4, -0.2) is 46.4 Å². The first kappa shape index (κ1) is 22.1. The summed E-state index contributed by atoms with van der Waals surface area (Å²) in [7, 11) is 0. The van der Waals surface area contributed by atoms with Gasteiger partial charge < -0.3 is 28.9 Å². The molecule has 3 N–H and O–H groups in total. The Morgan fingerprint density at radius 2 is 1.34 bits per heavy atom. The summed E-state index contributed by atoms with van der Waals surface area (Å²) in [5.74, 6) is -2.42. The van der Waals surface area contributed by atoms with E-state index < -0.39 is 11.9 Å². The first-order valence-corrected chi connectivity index (χ1v) is 9.12. The Morgan fingerprint density at radius 1 is 0.875 bits per heavy atom. The molecule has 10 nitrogen and oxygen atoms in total. The molecule has 2 heterocycles. The van der Waals surface area contributed by atoms with Crippen LogP contribution in [-0.2, 0) is 4.74 Å². The molecular weight excluding hydrogens is 424 g/mol. The summed E-state index contributed by atoms with van der Waals surface area (Å²) in [4.78, 5) is 43.5. The minimum absolute atomic E-state index is 0.00977. The molecule has 2 aromatic carbocycles. The predicted molar refractivity (Wildman–Crippen MR) is 109 cm³/mol. The van der Waals surface area contributed by atoms with Gasteiger partial charge in [-0.1, -0.05) is 0 Å². The number of phenolic OH excluding ortho intramolecular Hbond substituents is 2. The zero-order valence-electron chi connectivity index (χ0n) is 16.5. The maximum absolute atomic E-state index is 11.4. The van der Waals surface area contributed by atoms with Crippen molar-refractivity contribution < 1.29 is 48.1 Å². The average molecular weight is 440 g/mol. The van der Waals surface area contributed by atoms with E-state index in [0.29, 0.717) is 28.9 Å². The normalized spacial score (nSPS) is 10.4. The van der Waals surface area contributed by atoms with Crippen LogP contribution in [0.15, 0.2) is 45.2 Å². The number of carbonyl (C=O) groups is 4. The van der Waals surface area contributed by atoms with Crippen molar-refractivity contribution in [1.29, 1.82) is 0 Å². The van der Waals surface area contributed by atoms with Crippen molar-refractivity contribution in [2.75, 3.05) is 6.61 Å². The van der Waals surface area contributed by atoms with Crippen LogP contribution >= 0.6 is 0 Å². The topological polar surface area (TPSA) is 164 Å². The fourth-order valence-electron chi connectivity index (χ4n) is 2.90. The highest BCUT2D eigenvalue weighted by atomic mass is 16.5. The number of ether oxygens (including phenoxy) is 1. The smallest absolute Gasteiger partial charge is 0.374 e. The van der Waals surface area contributed by atoms with Crippen LogP contribution in [0.3, 0.4) is 0 Å². The van der Waals surface area contributed by atoms with Crippen LogP contribution in [0.4, 0.5) is 0 Å². The molecular formula is C22H16O10. The van der Waals surface area contributed by atoms with Crippen LogP contribution in [0, 0.1) is 0 Å². The van der Waals surface area contributed by atoms with Crippen LogP contribution in [0.5, 0.6) is 11.5 Å². The number of aromatic carboxylic acids is 1. The number of hydrogen-bond acceptors (Lipinski definition) is 9. The van der Waals surface area contributed by atoms with E-state index in [1.807, 2.05) is 0 Å². The highest BCUT2D eigenvalue weighted by Gasteiger charge is 2.17. The third-order valence-corrected chi connectivity index (χ3v) is 4.36. The van der Waals surface area contributed by atoms with Gasteiger partial charge in [0.1, 0.15) is 22.7 Å². The van der Waals surface area contributed by atoms with Crippen molar-refractivity contribution in [3.63, 3.8) is 0 Å². The van der Waals surface area contributed by atoms with Crippen LogP contribution in [0.1, 0.15) is 48.7 Å². The zero-order valence-corrected chi connectivity index (χ0v) is 16.5. The maximum Gasteiger partial charge on any atom is 0.374 e. The van der Waals surface area contributed by atoms with Crippen LogP contribution in [0.25, 0.3) is 21.9 Å². The number of carboxylic acid groups (broad SMARTS) is 1. The number of furan rings is 2. The number of rotatable bonds is 5. The summed E-state index contributed by atoms with van der Waals surface area (Å²) in [5.41, 5.74) is 0.741. The van der Waals surface area contributed by atoms with Gasteiger partial charge in [0, 0.05) is 22.9 Å². The molecule has 2 aromatic heterocycles. The first-order valence-electron chi connectivity index (χ1n) is 9.12. The lowest BCUT2D eigenvalue weighted by Gasteiger charge is -1.96. The SMILES string of the molecule is CCOC(=O)c1cc2c(C=O)c(O)ccc2o1.O=Cc1c(O)ccc2oc(C(=O)O)cc12. The van der Waals surface area contributed by atoms with Crippen LogP contribution in [0.2, 0.25) is 0 Å². The van der Waals surface area contributed by atoms with Crippen molar-refractivity contribution in [3.8, 4) is 11.5 Å². The Balaban J connectivity index is 0.000000182. The van der Waals surface area contributed by atoms with Gasteiger partial charge in [0.25, 0.3) is 0 Å². The average Bonchev–Trinajstić information content (AvgIpc) is 3.39. The number of aldehydes is 2. The molecule has 0 saturated carbocycles. The molecule has 0 aliphatic heterocycles. The lowest BCUT2D eigenvalue weighted by molar-refractivity contribution is 0.0492. The number of carbonyl (C=O) groups excluding carboxylic acids is 3. The molecule has 10 heteroatoms. The lowest BCUT2D eigenvalue weighted by Crippen LogP contribution is -2.02. The molecule has 0 aliphatic carbocycles. The number of phenols is 2. The molecule has 4 rings (SSSR count). The van der Waals surface area contributed by atoms with Gasteiger partial charge in [-0.25, -0.2) is 9.59 Å². The van der Waals surface area contributed by atoms with Gasteiger partial charge >= 0.3 is 11.9 Å². The highest BCUT2D eigenvalue weighted by Crippen LogP contribution is 2.29. The predicted octanol–water partition coefficient (Wildman–Crippen LogP) is 3.78. The van der Waals surface area contributed by atoms with E-state index in [1.165, 1.54) is 36.4 Å². The Labute approximate surface area is 179 Å². The molecule has 0 atom stereocenters. The van der Waals surface area contributed by atoms with Crippen molar-refractivity contribution >= 4 is 46.4 Å². The number of carboxylic acids is 1. The Morgan fingerprint density at radius 3 is 1.78 bits per heavy atom. The fourth-order valence-corrected chi connectivity index (χ4v) is 2.90. The van der Waals surface area contributed by atoms with Crippen molar-refractivity contribution in [3.05, 3.63) is 59.0 Å². The third-order valence-electron chi connectivity index (χ3n) is 4.36. The molecule has 0 spiro atoms. The van der Waals surface area contributed by atoms with Gasteiger partial charge in [0.15, 0.2) is 12.6 Å². The molecule has 4 aromatic rings. The quantitative estimate of drug-likeness (QED) is 0.307. The summed E-state index contributed by atoms with van der Waals surface area (Å²) >= 11 is 0. The molecule has 0 fully saturated rings. The monoisotopic (exact) mass is 440 g/mol. The van der Waals surface area contributed by atoms with E-state index in [9.17, 15) is 29.4 Å². The number of hydrogen-bond donors (Lipinski definition) is 3. The molecule has 164 valence electrons. The standard InChI is InChI=1S/C12H10O5.C10H6O5/c1-2-16-12(15)11-5-7-8(6-13)9(14)3-4-10(7)17-11;11-4-6-5-3-9(10(13)14)15-8(5)2-1-7(6)12/h3-6,14H,2H2,1H3;1-4,12H,(H,13,14). The van der Waals surface area contributed by atoms with Gasteiger partial charge in [-0.3, -0.25) is 9.59 Å². The largest absolute Gasteiger partial charge is 0.507 e. The zero-order chi connectivity index (χ0) is 23.4. The summed E-state index contributed by atoms with van der Waals surface area (Å²) < 4.78 is 15.0. The Kier molecular flexibility index (Phi) is 6.24. The van der Waals surface area contributed by atoms with Gasteiger partial charge in [-0.2, -0.15) is 0 Å². The van der Waals surface area contributed by atoms with E-state index >= 15 is 0 Å². The highest BCUT2D eigenvalue weighted by molar-refractivity contribution is 6.03. The van der Waals surface area contributed by atoms with E-state index in [4.69, 9.17) is 18.7 Å². The summed E-state index contributed by atoms with van der Waals surface area (Å²) in [6.07, 6.45) is 0.973. The molecule has 0 amide bonds. The van der Waals surface area contributed by atoms with E-state index in [1.54, 1.807) is 6.92 Å². The number of benzene rings is 2. The van der Waals surface area contributed by atoms with Crippen molar-refractivity contribution in [1.82, 2.24) is 0 Å². The molecule has 0 unspecified atom stereocenters. The van der Waals surface area contributed by atoms with Gasteiger partial charge in [0.2, 0.25) is 11.5 Å². The number of esters is 1. The van der Waals surface area contributed by atoms with Crippen molar-refractivity contribution in [2.24, 2.45) is 0 Å². The second-order valence-electron chi connectivity index (χ2n) is 6.30. The van der Waals surface area contributed by atoms with Gasteiger partial charge in [-0.05, 0) is 31.2 Å². The molecule has 0 radical (unpaired) electrons. The fraction of sp³-hybridized carbons (Fsp3) is 0.0909. The van der Waals surface area contributed by atoms with Crippen molar-refractivity contribution in [2.45, 2.75) is 6.92 Å². The van der Waals surface area contributed by atoms with E-state index in [2.05, 4.69) is 0 Å². The number of aromatic hydroxyl groups is 2. The minimum Gasteiger partial charge on any atom is -0.507 e. The molecule has 0 saturated heterocycles. The minimum atomic E-state index is -1.22. The summed E-state index contributed by atoms with van der Waals surface area (Å²) in [6.45, 7) is 1.92. The van der Waals surface area contributed by atoms with Gasteiger partial charge in [0.05, 0.1) is 17.7 Å². The lowest BCUT2D eigenvalue weighted by atomic mass is 10.1. The van der Waals surface area contributed by atoms with E-state index in [0.717, 1.165) is 0 Å². The molecule has 0 bridgehead atoms. The van der Waals surface area contributed by atoms with Crippen LogP contribution < -0.4 is 0 Å². The second kappa shape index (κ2) is 9.04. The third kappa shape index (κ3) is 4.15. The molecule has 32 heavy (non-hydrogen) atoms.